The number of ether oxygens (including phenoxy) is 7. The Bertz CT molecular complexity index is 1060. The van der Waals surface area contributed by atoms with Gasteiger partial charge in [0, 0.05) is 0 Å². The Labute approximate surface area is 270 Å². The molecule has 1 N–H and O–H groups in total. The quantitative estimate of drug-likeness (QED) is 0.273. The second-order valence-corrected chi connectivity index (χ2v) is 12.4. The van der Waals surface area contributed by atoms with Crippen molar-refractivity contribution < 1.29 is 59.5 Å². The molecule has 11 nitrogen and oxygen atoms in total. The van der Waals surface area contributed by atoms with Gasteiger partial charge in [-0.1, -0.05) is 57.9 Å². The summed E-state index contributed by atoms with van der Waals surface area (Å²) in [7, 11) is -5.92. The van der Waals surface area contributed by atoms with Gasteiger partial charge < -0.3 is 33.2 Å². The van der Waals surface area contributed by atoms with Crippen LogP contribution >= 0.6 is 0 Å². The van der Waals surface area contributed by atoms with E-state index in [4.69, 9.17) is 33.2 Å². The molecular weight excluding hydrogens is 635 g/mol. The molecule has 2 rings (SSSR count). The molecule has 1 amide bonds. The molecule has 266 valence electrons. The number of benzene rings is 1. The molecule has 1 fully saturated rings. The van der Waals surface area contributed by atoms with Gasteiger partial charge in [-0.2, -0.15) is 21.6 Å². The lowest BCUT2D eigenvalue weighted by Crippen LogP contribution is -2.40. The summed E-state index contributed by atoms with van der Waals surface area (Å²) in [6.07, 6.45) is 8.68. The zero-order valence-corrected chi connectivity index (χ0v) is 27.6. The van der Waals surface area contributed by atoms with Gasteiger partial charge in [0.05, 0.1) is 78.2 Å². The summed E-state index contributed by atoms with van der Waals surface area (Å²) in [6.45, 7) is 5.57. The SMILES string of the molecule is CCCCCCCCCCc1ccc(OCC2COCCOCCOCCOCCOCCO2)c(C(=O)NS(=O)(=O)C(F)(F)F)c1. The van der Waals surface area contributed by atoms with Crippen LogP contribution in [0.3, 0.4) is 0 Å². The number of hydrogen-bond acceptors (Lipinski definition) is 10. The van der Waals surface area contributed by atoms with Gasteiger partial charge in [-0.05, 0) is 30.5 Å². The van der Waals surface area contributed by atoms with Gasteiger partial charge in [-0.25, -0.2) is 4.72 Å². The maximum atomic E-state index is 13.0. The number of hydrogen-bond donors (Lipinski definition) is 1. The molecule has 0 saturated carbocycles. The number of sulfonamides is 1. The molecule has 1 aliphatic heterocycles. The number of rotatable bonds is 14. The van der Waals surface area contributed by atoms with Gasteiger partial charge in [0.25, 0.3) is 5.91 Å². The molecule has 0 bridgehead atoms. The van der Waals surface area contributed by atoms with Crippen LogP contribution in [-0.4, -0.2) is 105 Å². The molecule has 1 aromatic rings. The highest BCUT2D eigenvalue weighted by molar-refractivity contribution is 7.90. The van der Waals surface area contributed by atoms with E-state index in [9.17, 15) is 26.4 Å². The molecule has 0 aliphatic carbocycles. The van der Waals surface area contributed by atoms with Crippen molar-refractivity contribution in [3.05, 3.63) is 29.3 Å². The molecule has 46 heavy (non-hydrogen) atoms. The smallest absolute Gasteiger partial charge is 0.490 e. The number of nitrogens with one attached hydrogen (secondary N) is 1. The normalized spacial score (nSPS) is 18.7. The first-order valence-electron chi connectivity index (χ1n) is 16.0. The fraction of sp³-hybridized carbons (Fsp3) is 0.774. The first-order valence-corrected chi connectivity index (χ1v) is 17.5. The van der Waals surface area contributed by atoms with Crippen molar-refractivity contribution in [2.45, 2.75) is 76.3 Å². The second kappa shape index (κ2) is 23.3. The largest absolute Gasteiger partial charge is 0.516 e. The molecule has 0 spiro atoms. The molecule has 1 unspecified atom stereocenters. The Balaban J connectivity index is 2.06. The lowest BCUT2D eigenvalue weighted by Gasteiger charge is -2.20. The number of alkyl halides is 3. The molecule has 15 heteroatoms. The third-order valence-electron chi connectivity index (χ3n) is 6.94. The van der Waals surface area contributed by atoms with Crippen molar-refractivity contribution in [1.82, 2.24) is 4.72 Å². The van der Waals surface area contributed by atoms with Gasteiger partial charge in [-0.3, -0.25) is 4.79 Å². The summed E-state index contributed by atoms with van der Waals surface area (Å²) in [4.78, 5) is 12.9. The van der Waals surface area contributed by atoms with Gasteiger partial charge >= 0.3 is 15.5 Å². The van der Waals surface area contributed by atoms with Crippen LogP contribution in [0.1, 0.15) is 74.2 Å². The first-order chi connectivity index (χ1) is 22.1. The average molecular weight is 686 g/mol. The Morgan fingerprint density at radius 3 is 1.89 bits per heavy atom. The van der Waals surface area contributed by atoms with Gasteiger partial charge in [0.15, 0.2) is 0 Å². The molecule has 1 atom stereocenters. The highest BCUT2D eigenvalue weighted by Gasteiger charge is 2.47. The Morgan fingerprint density at radius 1 is 0.804 bits per heavy atom. The zero-order valence-electron chi connectivity index (χ0n) is 26.8. The second-order valence-electron chi connectivity index (χ2n) is 10.8. The van der Waals surface area contributed by atoms with E-state index >= 15 is 0 Å². The summed E-state index contributed by atoms with van der Waals surface area (Å²) in [6, 6.07) is 4.54. The van der Waals surface area contributed by atoms with Crippen LogP contribution < -0.4 is 9.46 Å². The van der Waals surface area contributed by atoms with Crippen molar-refractivity contribution >= 4 is 15.9 Å². The molecule has 1 aliphatic rings. The van der Waals surface area contributed by atoms with Crippen LogP contribution in [0.25, 0.3) is 0 Å². The van der Waals surface area contributed by atoms with Crippen molar-refractivity contribution in [3.63, 3.8) is 0 Å². The van der Waals surface area contributed by atoms with Gasteiger partial charge in [0.2, 0.25) is 0 Å². The van der Waals surface area contributed by atoms with Crippen LogP contribution in [-0.2, 0) is 44.9 Å². The third kappa shape index (κ3) is 17.2. The lowest BCUT2D eigenvalue weighted by molar-refractivity contribution is -0.0711. The van der Waals surface area contributed by atoms with E-state index in [1.54, 1.807) is 6.07 Å². The number of unbranched alkanes of at least 4 members (excludes halogenated alkanes) is 7. The summed E-state index contributed by atoms with van der Waals surface area (Å²) in [5.74, 6) is -1.53. The van der Waals surface area contributed by atoms with E-state index in [1.807, 2.05) is 0 Å². The van der Waals surface area contributed by atoms with E-state index in [1.165, 1.54) is 37.8 Å². The molecule has 1 heterocycles. The van der Waals surface area contributed by atoms with E-state index in [0.29, 0.717) is 58.2 Å². The van der Waals surface area contributed by atoms with Crippen LogP contribution in [0.15, 0.2) is 18.2 Å². The van der Waals surface area contributed by atoms with Gasteiger partial charge in [-0.15, -0.1) is 0 Å². The van der Waals surface area contributed by atoms with Crippen LogP contribution in [0.5, 0.6) is 5.75 Å². The van der Waals surface area contributed by atoms with E-state index in [-0.39, 0.29) is 44.3 Å². The van der Waals surface area contributed by atoms with Crippen molar-refractivity contribution in [1.29, 1.82) is 0 Å². The predicted octanol–water partition coefficient (Wildman–Crippen LogP) is 4.81. The minimum absolute atomic E-state index is 0.0868. The fourth-order valence-electron chi connectivity index (χ4n) is 4.43. The molecule has 0 radical (unpaired) electrons. The maximum Gasteiger partial charge on any atom is 0.516 e. The first kappa shape index (κ1) is 40.2. The van der Waals surface area contributed by atoms with Crippen molar-refractivity contribution in [2.24, 2.45) is 0 Å². The molecule has 1 saturated heterocycles. The number of amides is 1. The fourth-order valence-corrected chi connectivity index (χ4v) is 4.90. The van der Waals surface area contributed by atoms with Gasteiger partial charge in [0.1, 0.15) is 18.5 Å². The standard InChI is InChI=1S/C31H50F3NO10S/c1-2-3-4-5-6-7-8-9-10-26-11-12-29(28(23-26)30(36)35-46(37,38)31(32,33)34)45-25-27-24-43-20-19-41-16-15-39-13-14-40-17-18-42-21-22-44-27/h11-12,23,27H,2-10,13-22,24-25H2,1H3,(H,35,36). The predicted molar refractivity (Wildman–Crippen MR) is 165 cm³/mol. The Morgan fingerprint density at radius 2 is 1.33 bits per heavy atom. The minimum Gasteiger partial charge on any atom is -0.490 e. The van der Waals surface area contributed by atoms with Crippen molar-refractivity contribution in [3.8, 4) is 5.75 Å². The highest BCUT2D eigenvalue weighted by Crippen LogP contribution is 2.26. The zero-order chi connectivity index (χ0) is 33.5. The summed E-state index contributed by atoms with van der Waals surface area (Å²) in [5.41, 5.74) is -5.31. The molecule has 0 aromatic heterocycles. The number of aryl methyl sites for hydroxylation is 1. The summed E-state index contributed by atoms with van der Waals surface area (Å²) < 4.78 is 103. The molecule has 1 aromatic carbocycles. The van der Waals surface area contributed by atoms with E-state index in [2.05, 4.69) is 6.92 Å². The van der Waals surface area contributed by atoms with Crippen molar-refractivity contribution in [2.75, 3.05) is 79.3 Å². The summed E-state index contributed by atoms with van der Waals surface area (Å²) >= 11 is 0. The number of halogens is 3. The third-order valence-corrected chi connectivity index (χ3v) is 8.00. The lowest BCUT2D eigenvalue weighted by atomic mass is 10.0. The van der Waals surface area contributed by atoms with Crippen LogP contribution in [0, 0.1) is 0 Å². The maximum absolute atomic E-state index is 13.0. The highest BCUT2D eigenvalue weighted by atomic mass is 32.2. The van der Waals surface area contributed by atoms with E-state index in [0.717, 1.165) is 30.4 Å². The number of carbonyl (C=O) groups is 1. The minimum atomic E-state index is -5.92. The number of carbonyl (C=O) groups excluding carboxylic acids is 1. The average Bonchev–Trinajstić information content (AvgIpc) is 3.01. The Hall–Kier alpha value is -2.01. The van der Waals surface area contributed by atoms with E-state index < -0.39 is 27.5 Å². The molecular formula is C31H50F3NO10S. The van der Waals surface area contributed by atoms with Crippen LogP contribution in [0.2, 0.25) is 0 Å². The topological polar surface area (TPSA) is 128 Å². The Kier molecular flexibility index (Phi) is 20.4. The monoisotopic (exact) mass is 685 g/mol. The summed E-state index contributed by atoms with van der Waals surface area (Å²) in [5, 5.41) is 0. The van der Waals surface area contributed by atoms with Crippen LogP contribution in [0.4, 0.5) is 13.2 Å².